The molecule has 0 radical (unpaired) electrons. The fourth-order valence-corrected chi connectivity index (χ4v) is 4.30. The van der Waals surface area contributed by atoms with Crippen molar-refractivity contribution in [2.45, 2.75) is 57.1 Å². The predicted molar refractivity (Wildman–Crippen MR) is 130 cm³/mol. The average molecular weight is 506 g/mol. The van der Waals surface area contributed by atoms with Crippen LogP contribution in [0.5, 0.6) is 17.2 Å². The number of alkyl halides is 2. The van der Waals surface area contributed by atoms with Crippen LogP contribution in [-0.4, -0.2) is 56.3 Å². The molecule has 3 rings (SSSR count). The molecule has 7 nitrogen and oxygen atoms in total. The van der Waals surface area contributed by atoms with Crippen molar-refractivity contribution < 1.29 is 37.3 Å². The van der Waals surface area contributed by atoms with Crippen LogP contribution in [-0.2, 0) is 26.7 Å². The van der Waals surface area contributed by atoms with Gasteiger partial charge in [-0.05, 0) is 57.2 Å². The molecule has 0 unspecified atom stereocenters. The van der Waals surface area contributed by atoms with E-state index in [1.165, 1.54) is 21.3 Å². The number of likely N-dealkylation sites (tertiary alicyclic amines) is 1. The second kappa shape index (κ2) is 11.1. The first kappa shape index (κ1) is 27.2. The molecule has 36 heavy (non-hydrogen) atoms. The molecule has 1 atom stereocenters. The Hall–Kier alpha value is -3.36. The van der Waals surface area contributed by atoms with E-state index in [9.17, 15) is 9.59 Å². The van der Waals surface area contributed by atoms with E-state index in [0.717, 1.165) is 22.6 Å². The molecule has 0 spiro atoms. The Kier molecular flexibility index (Phi) is 8.43. The summed E-state index contributed by atoms with van der Waals surface area (Å²) in [6, 6.07) is 10.8. The number of aryl methyl sites for hydroxylation is 1. The lowest BCUT2D eigenvalue weighted by atomic mass is 9.98. The normalized spacial score (nSPS) is 16.0. The third-order valence-corrected chi connectivity index (χ3v) is 6.32. The van der Waals surface area contributed by atoms with Crippen molar-refractivity contribution >= 4 is 11.9 Å². The summed E-state index contributed by atoms with van der Waals surface area (Å²) >= 11 is 0. The first-order valence-electron chi connectivity index (χ1n) is 11.8. The van der Waals surface area contributed by atoms with Crippen LogP contribution in [0.25, 0.3) is 0 Å². The van der Waals surface area contributed by atoms with Crippen LogP contribution in [0.15, 0.2) is 42.5 Å². The van der Waals surface area contributed by atoms with Gasteiger partial charge in [0.15, 0.2) is 11.5 Å². The maximum Gasteiger partial charge on any atom is 0.350 e. The first-order chi connectivity index (χ1) is 17.0. The van der Waals surface area contributed by atoms with E-state index in [4.69, 9.17) is 18.9 Å². The van der Waals surface area contributed by atoms with Gasteiger partial charge >= 0.3 is 11.9 Å². The van der Waals surface area contributed by atoms with Gasteiger partial charge in [0, 0.05) is 12.1 Å². The summed E-state index contributed by atoms with van der Waals surface area (Å²) in [6.45, 7) is 3.59. The summed E-state index contributed by atoms with van der Waals surface area (Å²) in [5.41, 5.74) is -0.350. The lowest BCUT2D eigenvalue weighted by Gasteiger charge is -2.31. The van der Waals surface area contributed by atoms with E-state index in [1.54, 1.807) is 13.8 Å². The first-order valence-corrected chi connectivity index (χ1v) is 11.8. The molecular formula is C27H33F2NO6. The van der Waals surface area contributed by atoms with Crippen molar-refractivity contribution in [2.75, 3.05) is 27.9 Å². The molecule has 9 heteroatoms. The van der Waals surface area contributed by atoms with Crippen LogP contribution >= 0.6 is 0 Å². The molecule has 1 fully saturated rings. The number of carbonyl (C=O) groups is 2. The van der Waals surface area contributed by atoms with Crippen LogP contribution in [0.3, 0.4) is 0 Å². The van der Waals surface area contributed by atoms with Crippen molar-refractivity contribution in [3.8, 4) is 17.2 Å². The Bertz CT molecular complexity index is 1050. The third kappa shape index (κ3) is 5.88. The van der Waals surface area contributed by atoms with Crippen molar-refractivity contribution in [3.63, 3.8) is 0 Å². The second-order valence-corrected chi connectivity index (χ2v) is 9.31. The van der Waals surface area contributed by atoms with Crippen molar-refractivity contribution in [1.82, 2.24) is 4.90 Å². The van der Waals surface area contributed by atoms with Crippen LogP contribution in [0, 0.1) is 0 Å². The van der Waals surface area contributed by atoms with Crippen molar-refractivity contribution in [3.05, 3.63) is 53.6 Å². The predicted octanol–water partition coefficient (Wildman–Crippen LogP) is 4.75. The van der Waals surface area contributed by atoms with Gasteiger partial charge in [0.25, 0.3) is 5.91 Å². The van der Waals surface area contributed by atoms with Crippen LogP contribution in [0.2, 0.25) is 0 Å². The molecule has 0 saturated carbocycles. The third-order valence-electron chi connectivity index (χ3n) is 6.32. The molecule has 1 heterocycles. The van der Waals surface area contributed by atoms with Gasteiger partial charge in [-0.2, -0.15) is 8.78 Å². The minimum Gasteiger partial charge on any atom is -0.493 e. The number of carbonyl (C=O) groups excluding carboxylic acids is 2. The van der Waals surface area contributed by atoms with Crippen LogP contribution < -0.4 is 14.2 Å². The van der Waals surface area contributed by atoms with Gasteiger partial charge in [0.05, 0.1) is 21.3 Å². The summed E-state index contributed by atoms with van der Waals surface area (Å²) < 4.78 is 52.1. The fourth-order valence-electron chi connectivity index (χ4n) is 4.30. The van der Waals surface area contributed by atoms with Crippen molar-refractivity contribution in [2.24, 2.45) is 0 Å². The fraction of sp³-hybridized carbons (Fsp3) is 0.481. The highest BCUT2D eigenvalue weighted by molar-refractivity contribution is 5.90. The van der Waals surface area contributed by atoms with Gasteiger partial charge < -0.3 is 23.8 Å². The Labute approximate surface area is 210 Å². The average Bonchev–Trinajstić information content (AvgIpc) is 3.36. The highest BCUT2D eigenvalue weighted by atomic mass is 19.3. The van der Waals surface area contributed by atoms with Crippen LogP contribution in [0.1, 0.15) is 44.2 Å². The number of amides is 1. The Morgan fingerprint density at radius 2 is 1.61 bits per heavy atom. The van der Waals surface area contributed by atoms with E-state index in [1.807, 2.05) is 30.3 Å². The molecule has 0 bridgehead atoms. The van der Waals surface area contributed by atoms with Gasteiger partial charge in [-0.3, -0.25) is 4.79 Å². The number of ether oxygens (including phenoxy) is 4. The van der Waals surface area contributed by atoms with Gasteiger partial charge in [0.2, 0.25) is 5.75 Å². The van der Waals surface area contributed by atoms with Gasteiger partial charge in [-0.25, -0.2) is 4.79 Å². The van der Waals surface area contributed by atoms with Gasteiger partial charge in [-0.1, -0.05) is 30.3 Å². The standard InChI is InChI=1S/C27H33F2NO6/c1-26(2,14-13-18-10-7-6-8-11-18)36-24(31)20-12-9-15-30(20)25(32)27(28,29)19-16-21(33-3)23(35-5)22(17-19)34-4/h6-8,10-11,16-17,20H,9,12-15H2,1-5H3/t20-/m0/s1. The van der Waals surface area contributed by atoms with Crippen molar-refractivity contribution in [1.29, 1.82) is 0 Å². The Morgan fingerprint density at radius 1 is 1.00 bits per heavy atom. The zero-order valence-electron chi connectivity index (χ0n) is 21.3. The Morgan fingerprint density at radius 3 is 2.17 bits per heavy atom. The molecule has 1 aliphatic heterocycles. The highest BCUT2D eigenvalue weighted by Gasteiger charge is 2.50. The zero-order valence-corrected chi connectivity index (χ0v) is 21.3. The molecule has 1 aliphatic rings. The number of halogens is 2. The molecule has 0 N–H and O–H groups in total. The van der Waals surface area contributed by atoms with E-state index >= 15 is 8.78 Å². The number of hydrogen-bond acceptors (Lipinski definition) is 6. The molecule has 196 valence electrons. The smallest absolute Gasteiger partial charge is 0.350 e. The van der Waals surface area contributed by atoms with E-state index in [2.05, 4.69) is 0 Å². The number of rotatable bonds is 10. The summed E-state index contributed by atoms with van der Waals surface area (Å²) in [4.78, 5) is 27.0. The second-order valence-electron chi connectivity index (χ2n) is 9.31. The maximum atomic E-state index is 15.5. The lowest BCUT2D eigenvalue weighted by Crippen LogP contribution is -2.49. The minimum atomic E-state index is -3.93. The topological polar surface area (TPSA) is 74.3 Å². The quantitative estimate of drug-likeness (QED) is 0.434. The Balaban J connectivity index is 1.76. The molecule has 1 amide bonds. The molecular weight excluding hydrogens is 472 g/mol. The van der Waals surface area contributed by atoms with Crippen LogP contribution in [0.4, 0.5) is 8.78 Å². The monoisotopic (exact) mass is 505 g/mol. The highest BCUT2D eigenvalue weighted by Crippen LogP contribution is 2.43. The molecule has 2 aromatic carbocycles. The number of esters is 1. The SMILES string of the molecule is COc1cc(C(F)(F)C(=O)N2CCC[C@H]2C(=O)OC(C)(C)CCc2ccccc2)cc(OC)c1OC. The summed E-state index contributed by atoms with van der Waals surface area (Å²) in [5.74, 6) is -5.96. The van der Waals surface area contributed by atoms with Gasteiger partial charge in [0.1, 0.15) is 11.6 Å². The molecule has 2 aromatic rings. The minimum absolute atomic E-state index is 0.00290. The van der Waals surface area contributed by atoms with E-state index < -0.39 is 35.0 Å². The maximum absolute atomic E-state index is 15.5. The summed E-state index contributed by atoms with van der Waals surface area (Å²) in [6.07, 6.45) is 1.91. The van der Waals surface area contributed by atoms with E-state index in [-0.39, 0.29) is 30.2 Å². The summed E-state index contributed by atoms with van der Waals surface area (Å²) in [5, 5.41) is 0. The van der Waals surface area contributed by atoms with Gasteiger partial charge in [-0.15, -0.1) is 0 Å². The molecule has 1 saturated heterocycles. The lowest BCUT2D eigenvalue weighted by molar-refractivity contribution is -0.172. The largest absolute Gasteiger partial charge is 0.493 e. The number of hydrogen-bond donors (Lipinski definition) is 0. The molecule has 0 aliphatic carbocycles. The zero-order chi connectivity index (χ0) is 26.5. The summed E-state index contributed by atoms with van der Waals surface area (Å²) in [7, 11) is 3.95. The van der Waals surface area contributed by atoms with E-state index in [0.29, 0.717) is 19.3 Å². The number of methoxy groups -OCH3 is 3. The number of benzene rings is 2. The number of nitrogens with zero attached hydrogens (tertiary/aromatic N) is 1. The molecule has 0 aromatic heterocycles.